The predicted octanol–water partition coefficient (Wildman–Crippen LogP) is 3.80. The molecule has 2 aliphatic rings. The van der Waals surface area contributed by atoms with Gasteiger partial charge in [-0.15, -0.1) is 0 Å². The molecule has 2 aromatic carbocycles. The summed E-state index contributed by atoms with van der Waals surface area (Å²) >= 11 is 1.40. The van der Waals surface area contributed by atoms with Crippen LogP contribution in [0.15, 0.2) is 48.7 Å². The molecule has 1 saturated heterocycles. The Balaban J connectivity index is 1.28. The predicted molar refractivity (Wildman–Crippen MR) is 120 cm³/mol. The summed E-state index contributed by atoms with van der Waals surface area (Å²) in [4.78, 5) is 19.4. The van der Waals surface area contributed by atoms with Crippen LogP contribution in [0.2, 0.25) is 0 Å². The summed E-state index contributed by atoms with van der Waals surface area (Å²) in [5, 5.41) is 5.04. The second-order valence-electron chi connectivity index (χ2n) is 8.15. The van der Waals surface area contributed by atoms with E-state index in [2.05, 4.69) is 16.1 Å². The van der Waals surface area contributed by atoms with Gasteiger partial charge >= 0.3 is 0 Å². The minimum atomic E-state index is -0.454. The summed E-state index contributed by atoms with van der Waals surface area (Å²) in [5.74, 6) is 0.915. The summed E-state index contributed by atoms with van der Waals surface area (Å²) in [7, 11) is 1.97. The number of nitrogens with two attached hydrogens (primary N) is 1. The molecule has 2 N–H and O–H groups in total. The summed E-state index contributed by atoms with van der Waals surface area (Å²) < 4.78 is 9.44. The Bertz CT molecular complexity index is 1330. The first-order valence-corrected chi connectivity index (χ1v) is 11.1. The molecule has 0 unspecified atom stereocenters. The maximum absolute atomic E-state index is 13.2. The quantitative estimate of drug-likeness (QED) is 0.495. The Morgan fingerprint density at radius 2 is 2.00 bits per heavy atom. The molecule has 0 bridgehead atoms. The molecule has 1 fully saturated rings. The maximum atomic E-state index is 13.2. The first-order chi connectivity index (χ1) is 15.0. The van der Waals surface area contributed by atoms with E-state index >= 15 is 0 Å². The van der Waals surface area contributed by atoms with Gasteiger partial charge in [-0.3, -0.25) is 9.48 Å². The third-order valence-electron chi connectivity index (χ3n) is 6.39. The number of benzene rings is 2. The van der Waals surface area contributed by atoms with Gasteiger partial charge in [-0.2, -0.15) is 5.10 Å². The monoisotopic (exact) mass is 431 g/mol. The Hall–Kier alpha value is -3.39. The SMILES string of the molecule is Cn1ncc2c1-c1ccccc1OC21CCN(C(=O)c2ccc3nc(N)sc3c2)CC1. The fourth-order valence-corrected chi connectivity index (χ4v) is 5.58. The molecule has 7 nitrogen and oxygen atoms in total. The summed E-state index contributed by atoms with van der Waals surface area (Å²) in [5.41, 5.74) is 10.1. The molecule has 6 rings (SSSR count). The number of para-hydroxylation sites is 1. The Morgan fingerprint density at radius 1 is 1.19 bits per heavy atom. The summed E-state index contributed by atoms with van der Waals surface area (Å²) in [6.07, 6.45) is 3.37. The first-order valence-electron chi connectivity index (χ1n) is 10.3. The van der Waals surface area contributed by atoms with Crippen LogP contribution >= 0.6 is 11.3 Å². The van der Waals surface area contributed by atoms with Gasteiger partial charge in [-0.1, -0.05) is 23.5 Å². The van der Waals surface area contributed by atoms with E-state index < -0.39 is 5.60 Å². The van der Waals surface area contributed by atoms with E-state index in [1.807, 2.05) is 59.2 Å². The highest BCUT2D eigenvalue weighted by Gasteiger charge is 2.45. The van der Waals surface area contributed by atoms with Crippen LogP contribution in [0.5, 0.6) is 5.75 Å². The highest BCUT2D eigenvalue weighted by Crippen LogP contribution is 2.49. The lowest BCUT2D eigenvalue weighted by atomic mass is 9.81. The number of nitrogen functional groups attached to an aromatic ring is 1. The van der Waals surface area contributed by atoms with Crippen LogP contribution in [0.1, 0.15) is 28.8 Å². The number of anilines is 1. The fraction of sp³-hybridized carbons (Fsp3) is 0.261. The van der Waals surface area contributed by atoms with Crippen molar-refractivity contribution in [2.45, 2.75) is 18.4 Å². The number of amides is 1. The average molecular weight is 432 g/mol. The molecule has 4 heterocycles. The number of carbonyl (C=O) groups excluding carboxylic acids is 1. The molecular weight excluding hydrogens is 410 g/mol. The number of hydrogen-bond donors (Lipinski definition) is 1. The van der Waals surface area contributed by atoms with Crippen LogP contribution in [0.25, 0.3) is 21.5 Å². The zero-order valence-corrected chi connectivity index (χ0v) is 17.9. The molecule has 0 radical (unpaired) electrons. The average Bonchev–Trinajstić information content (AvgIpc) is 3.36. The summed E-state index contributed by atoms with van der Waals surface area (Å²) in [6.45, 7) is 1.25. The van der Waals surface area contributed by atoms with Gasteiger partial charge in [-0.05, 0) is 30.3 Å². The van der Waals surface area contributed by atoms with Crippen LogP contribution in [-0.2, 0) is 12.6 Å². The normalized spacial score (nSPS) is 16.7. The summed E-state index contributed by atoms with van der Waals surface area (Å²) in [6, 6.07) is 13.7. The molecule has 8 heteroatoms. The van der Waals surface area contributed by atoms with Gasteiger partial charge in [0.1, 0.15) is 11.4 Å². The first kappa shape index (κ1) is 18.4. The highest BCUT2D eigenvalue weighted by atomic mass is 32.1. The van der Waals surface area contributed by atoms with Crippen LogP contribution in [-0.4, -0.2) is 38.7 Å². The topological polar surface area (TPSA) is 86.3 Å². The second kappa shape index (κ2) is 6.55. The molecule has 156 valence electrons. The minimum absolute atomic E-state index is 0.0336. The standard InChI is InChI=1S/C23H21N5O2S/c1-27-20-15-4-2-3-5-18(15)30-23(16(20)13-25-27)8-10-28(11-9-23)21(29)14-6-7-17-19(12-14)31-22(24)26-17/h2-7,12-13H,8-11H2,1H3,(H2,24,26). The smallest absolute Gasteiger partial charge is 0.253 e. The van der Waals surface area contributed by atoms with Gasteiger partial charge in [0.2, 0.25) is 0 Å². The fourth-order valence-electron chi connectivity index (χ4n) is 4.81. The number of thiazole rings is 1. The van der Waals surface area contributed by atoms with Crippen molar-refractivity contribution in [3.05, 3.63) is 59.8 Å². The Kier molecular flexibility index (Phi) is 3.89. The van der Waals surface area contributed by atoms with E-state index in [0.29, 0.717) is 23.8 Å². The number of fused-ring (bicyclic) bond motifs is 5. The molecule has 0 saturated carbocycles. The molecule has 2 aliphatic heterocycles. The van der Waals surface area contributed by atoms with Crippen LogP contribution in [0.4, 0.5) is 5.13 Å². The van der Waals surface area contributed by atoms with Crippen molar-refractivity contribution in [3.63, 3.8) is 0 Å². The number of piperidine rings is 1. The van der Waals surface area contributed by atoms with Gasteiger partial charge in [0.25, 0.3) is 5.91 Å². The molecule has 31 heavy (non-hydrogen) atoms. The second-order valence-corrected chi connectivity index (χ2v) is 9.21. The third-order valence-corrected chi connectivity index (χ3v) is 7.23. The number of aryl methyl sites for hydroxylation is 1. The molecular formula is C23H21N5O2S. The van der Waals surface area contributed by atoms with Gasteiger partial charge in [0.15, 0.2) is 5.13 Å². The third kappa shape index (κ3) is 2.75. The van der Waals surface area contributed by atoms with Crippen molar-refractivity contribution >= 4 is 32.6 Å². The van der Waals surface area contributed by atoms with Crippen LogP contribution < -0.4 is 10.5 Å². The largest absolute Gasteiger partial charge is 0.482 e. The van der Waals surface area contributed by atoms with Crippen molar-refractivity contribution in [1.29, 1.82) is 0 Å². The van der Waals surface area contributed by atoms with E-state index in [4.69, 9.17) is 10.5 Å². The van der Waals surface area contributed by atoms with E-state index in [-0.39, 0.29) is 5.91 Å². The van der Waals surface area contributed by atoms with Gasteiger partial charge in [0.05, 0.1) is 22.1 Å². The van der Waals surface area contributed by atoms with Crippen LogP contribution in [0, 0.1) is 0 Å². The van der Waals surface area contributed by atoms with Crippen molar-refractivity contribution in [3.8, 4) is 17.0 Å². The number of ether oxygens (including phenoxy) is 1. The van der Waals surface area contributed by atoms with Crippen molar-refractivity contribution in [1.82, 2.24) is 19.7 Å². The maximum Gasteiger partial charge on any atom is 0.253 e. The molecule has 2 aromatic heterocycles. The van der Waals surface area contributed by atoms with E-state index in [9.17, 15) is 4.79 Å². The number of carbonyl (C=O) groups is 1. The molecule has 1 amide bonds. The highest BCUT2D eigenvalue weighted by molar-refractivity contribution is 7.22. The molecule has 4 aromatic rings. The number of rotatable bonds is 1. The van der Waals surface area contributed by atoms with Crippen LogP contribution in [0.3, 0.4) is 0 Å². The number of likely N-dealkylation sites (tertiary alicyclic amines) is 1. The lowest BCUT2D eigenvalue weighted by Gasteiger charge is -2.44. The molecule has 1 spiro atoms. The van der Waals surface area contributed by atoms with Gasteiger partial charge in [0, 0.05) is 49.7 Å². The van der Waals surface area contributed by atoms with Gasteiger partial charge in [-0.25, -0.2) is 4.98 Å². The molecule has 0 aliphatic carbocycles. The zero-order chi connectivity index (χ0) is 21.2. The number of aromatic nitrogens is 3. The minimum Gasteiger partial charge on any atom is -0.482 e. The van der Waals surface area contributed by atoms with E-state index in [1.54, 1.807) is 0 Å². The van der Waals surface area contributed by atoms with E-state index in [0.717, 1.165) is 45.6 Å². The number of hydrogen-bond acceptors (Lipinski definition) is 6. The van der Waals surface area contributed by atoms with Crippen molar-refractivity contribution < 1.29 is 9.53 Å². The van der Waals surface area contributed by atoms with Gasteiger partial charge < -0.3 is 15.4 Å². The molecule has 0 atom stereocenters. The Morgan fingerprint density at radius 3 is 2.84 bits per heavy atom. The lowest BCUT2D eigenvalue weighted by Crippen LogP contribution is -2.49. The zero-order valence-electron chi connectivity index (χ0n) is 17.0. The van der Waals surface area contributed by atoms with Crippen molar-refractivity contribution in [2.75, 3.05) is 18.8 Å². The Labute approximate surface area is 183 Å². The van der Waals surface area contributed by atoms with Crippen molar-refractivity contribution in [2.24, 2.45) is 7.05 Å². The number of nitrogens with zero attached hydrogens (tertiary/aromatic N) is 4. The lowest BCUT2D eigenvalue weighted by molar-refractivity contribution is -0.00171. The van der Waals surface area contributed by atoms with E-state index in [1.165, 1.54) is 11.3 Å².